The van der Waals surface area contributed by atoms with Crippen LogP contribution in [0.1, 0.15) is 16.9 Å². The molecule has 0 atom stereocenters. The molecule has 23 heavy (non-hydrogen) atoms. The summed E-state index contributed by atoms with van der Waals surface area (Å²) in [5.41, 5.74) is 3.72. The monoisotopic (exact) mass is 344 g/mol. The summed E-state index contributed by atoms with van der Waals surface area (Å²) in [5, 5.41) is 6.01. The van der Waals surface area contributed by atoms with Crippen molar-refractivity contribution in [2.75, 3.05) is 6.54 Å². The molecule has 5 nitrogen and oxygen atoms in total. The van der Waals surface area contributed by atoms with Gasteiger partial charge in [-0.3, -0.25) is 4.79 Å². The number of rotatable bonds is 3. The van der Waals surface area contributed by atoms with Gasteiger partial charge in [0.2, 0.25) is 5.91 Å². The molecule has 2 aromatic heterocycles. The molecule has 1 aromatic carbocycles. The normalized spacial score (nSPS) is 14.5. The zero-order valence-corrected chi connectivity index (χ0v) is 13.7. The summed E-state index contributed by atoms with van der Waals surface area (Å²) in [6.07, 6.45) is 2.75. The predicted octanol–water partition coefficient (Wildman–Crippen LogP) is 3.46. The summed E-state index contributed by atoms with van der Waals surface area (Å²) in [6.45, 7) is 0.621. The van der Waals surface area contributed by atoms with Crippen LogP contribution in [0.2, 0.25) is 4.34 Å². The van der Waals surface area contributed by atoms with E-state index in [2.05, 4.69) is 15.1 Å². The average Bonchev–Trinajstić information content (AvgIpc) is 3.26. The molecular weight excluding hydrogens is 332 g/mol. The predicted molar refractivity (Wildman–Crippen MR) is 92.0 cm³/mol. The highest BCUT2D eigenvalue weighted by atomic mass is 35.5. The van der Waals surface area contributed by atoms with Gasteiger partial charge in [0.05, 0.1) is 45.3 Å². The molecule has 0 bridgehead atoms. The Morgan fingerprint density at radius 3 is 3.09 bits per heavy atom. The van der Waals surface area contributed by atoms with Crippen LogP contribution in [0, 0.1) is 0 Å². The maximum Gasteiger partial charge on any atom is 0.247 e. The number of hydrogen-bond acceptors (Lipinski definition) is 4. The summed E-state index contributed by atoms with van der Waals surface area (Å²) in [5.74, 6) is 0.00141. The third kappa shape index (κ3) is 2.87. The first-order chi connectivity index (χ1) is 11.2. The zero-order valence-electron chi connectivity index (χ0n) is 12.1. The third-order valence-corrected chi connectivity index (χ3v) is 5.07. The van der Waals surface area contributed by atoms with Gasteiger partial charge >= 0.3 is 0 Å². The van der Waals surface area contributed by atoms with Crippen molar-refractivity contribution in [2.24, 2.45) is 5.10 Å². The number of H-pyrrole nitrogens is 1. The summed E-state index contributed by atoms with van der Waals surface area (Å²) >= 11 is 7.45. The Hall–Kier alpha value is -2.18. The average molecular weight is 345 g/mol. The Morgan fingerprint density at radius 2 is 2.26 bits per heavy atom. The van der Waals surface area contributed by atoms with E-state index in [1.165, 1.54) is 11.3 Å². The van der Waals surface area contributed by atoms with Crippen LogP contribution in [0.5, 0.6) is 0 Å². The number of halogens is 1. The van der Waals surface area contributed by atoms with Crippen molar-refractivity contribution in [3.05, 3.63) is 51.4 Å². The number of aromatic amines is 1. The molecule has 3 heterocycles. The van der Waals surface area contributed by atoms with E-state index in [0.717, 1.165) is 37.9 Å². The van der Waals surface area contributed by atoms with E-state index in [9.17, 15) is 4.79 Å². The number of hydrogen-bond donors (Lipinski definition) is 1. The molecule has 0 unspecified atom stereocenters. The maximum absolute atomic E-state index is 12.4. The largest absolute Gasteiger partial charge is 0.345 e. The second kappa shape index (κ2) is 5.79. The van der Waals surface area contributed by atoms with Crippen molar-refractivity contribution in [1.82, 2.24) is 15.0 Å². The standard InChI is InChI=1S/C16H13ClN4OS/c17-15-4-3-14(23-15)12-5-6-21(20-12)16(22)8-10-1-2-11-13(7-10)19-9-18-11/h1-4,7,9H,5-6,8H2,(H,18,19). The van der Waals surface area contributed by atoms with Crippen LogP contribution in [0.25, 0.3) is 11.0 Å². The molecule has 116 valence electrons. The number of amides is 1. The first-order valence-corrected chi connectivity index (χ1v) is 8.44. The van der Waals surface area contributed by atoms with Crippen LogP contribution in [0.4, 0.5) is 0 Å². The molecule has 0 fully saturated rings. The Morgan fingerprint density at radius 1 is 1.35 bits per heavy atom. The number of carbonyl (C=O) groups excluding carboxylic acids is 1. The minimum Gasteiger partial charge on any atom is -0.345 e. The Balaban J connectivity index is 1.49. The van der Waals surface area contributed by atoms with Gasteiger partial charge in [0, 0.05) is 6.42 Å². The number of thiophene rings is 1. The highest BCUT2D eigenvalue weighted by molar-refractivity contribution is 7.18. The van der Waals surface area contributed by atoms with Crippen molar-refractivity contribution < 1.29 is 4.79 Å². The Labute approximate surface area is 141 Å². The van der Waals surface area contributed by atoms with Gasteiger partial charge in [-0.2, -0.15) is 5.10 Å². The lowest BCUT2D eigenvalue weighted by Gasteiger charge is -2.11. The van der Waals surface area contributed by atoms with Crippen molar-refractivity contribution in [2.45, 2.75) is 12.8 Å². The Bertz CT molecular complexity index is 914. The molecule has 0 radical (unpaired) electrons. The van der Waals surface area contributed by atoms with E-state index < -0.39 is 0 Å². The van der Waals surface area contributed by atoms with Crippen molar-refractivity contribution >= 4 is 45.6 Å². The SMILES string of the molecule is O=C(Cc1ccc2nc[nH]c2c1)N1CCC(c2ccc(Cl)s2)=N1. The van der Waals surface area contributed by atoms with Crippen LogP contribution in [0.3, 0.4) is 0 Å². The zero-order chi connectivity index (χ0) is 15.8. The highest BCUT2D eigenvalue weighted by Crippen LogP contribution is 2.25. The number of carbonyl (C=O) groups is 1. The lowest BCUT2D eigenvalue weighted by molar-refractivity contribution is -0.130. The fourth-order valence-electron chi connectivity index (χ4n) is 2.64. The summed E-state index contributed by atoms with van der Waals surface area (Å²) in [4.78, 5) is 20.7. The second-order valence-electron chi connectivity index (χ2n) is 5.35. The molecule has 7 heteroatoms. The fourth-order valence-corrected chi connectivity index (χ4v) is 3.69. The summed E-state index contributed by atoms with van der Waals surface area (Å²) < 4.78 is 0.736. The van der Waals surface area contributed by atoms with E-state index in [-0.39, 0.29) is 5.91 Å². The number of aromatic nitrogens is 2. The summed E-state index contributed by atoms with van der Waals surface area (Å²) in [7, 11) is 0. The number of fused-ring (bicyclic) bond motifs is 1. The Kier molecular flexibility index (Phi) is 3.63. The van der Waals surface area contributed by atoms with Crippen molar-refractivity contribution in [1.29, 1.82) is 0 Å². The lowest BCUT2D eigenvalue weighted by Crippen LogP contribution is -2.25. The van der Waals surface area contributed by atoms with Crippen LogP contribution < -0.4 is 0 Å². The van der Waals surface area contributed by atoms with Gasteiger partial charge in [-0.15, -0.1) is 11.3 Å². The molecule has 0 aliphatic carbocycles. The highest BCUT2D eigenvalue weighted by Gasteiger charge is 2.22. The molecule has 0 saturated carbocycles. The van der Waals surface area contributed by atoms with Gasteiger partial charge in [0.25, 0.3) is 0 Å². The first-order valence-electron chi connectivity index (χ1n) is 7.24. The molecule has 0 saturated heterocycles. The molecule has 0 spiro atoms. The molecule has 3 aromatic rings. The number of nitrogens with one attached hydrogen (secondary N) is 1. The molecule has 1 amide bonds. The van der Waals surface area contributed by atoms with Gasteiger partial charge in [-0.05, 0) is 29.8 Å². The van der Waals surface area contributed by atoms with Crippen LogP contribution in [0.15, 0.2) is 41.8 Å². The van der Waals surface area contributed by atoms with Crippen LogP contribution in [-0.2, 0) is 11.2 Å². The van der Waals surface area contributed by atoms with Gasteiger partial charge in [-0.1, -0.05) is 17.7 Å². The molecule has 4 rings (SSSR count). The smallest absolute Gasteiger partial charge is 0.247 e. The van der Waals surface area contributed by atoms with Gasteiger partial charge in [0.1, 0.15) is 0 Å². The fraction of sp³-hybridized carbons (Fsp3) is 0.188. The van der Waals surface area contributed by atoms with Crippen molar-refractivity contribution in [3.8, 4) is 0 Å². The van der Waals surface area contributed by atoms with Crippen molar-refractivity contribution in [3.63, 3.8) is 0 Å². The minimum absolute atomic E-state index is 0.00141. The van der Waals surface area contributed by atoms with Crippen LogP contribution in [-0.4, -0.2) is 33.1 Å². The van der Waals surface area contributed by atoms with E-state index in [0.29, 0.717) is 13.0 Å². The third-order valence-electron chi connectivity index (χ3n) is 3.79. The molecule has 1 aliphatic heterocycles. The second-order valence-corrected chi connectivity index (χ2v) is 7.06. The van der Waals surface area contributed by atoms with Crippen LogP contribution >= 0.6 is 22.9 Å². The topological polar surface area (TPSA) is 61.4 Å². The van der Waals surface area contributed by atoms with E-state index >= 15 is 0 Å². The van der Waals surface area contributed by atoms with Gasteiger partial charge < -0.3 is 4.98 Å². The quantitative estimate of drug-likeness (QED) is 0.791. The van der Waals surface area contributed by atoms with E-state index in [1.54, 1.807) is 11.3 Å². The lowest BCUT2D eigenvalue weighted by atomic mass is 10.1. The first kappa shape index (κ1) is 14.4. The van der Waals surface area contributed by atoms with Gasteiger partial charge in [0.15, 0.2) is 0 Å². The molecule has 1 aliphatic rings. The van der Waals surface area contributed by atoms with E-state index in [1.807, 2.05) is 30.3 Å². The number of benzene rings is 1. The maximum atomic E-state index is 12.4. The van der Waals surface area contributed by atoms with Gasteiger partial charge in [-0.25, -0.2) is 9.99 Å². The summed E-state index contributed by atoms with van der Waals surface area (Å²) in [6, 6.07) is 9.61. The number of imidazole rings is 1. The van der Waals surface area contributed by atoms with E-state index in [4.69, 9.17) is 11.6 Å². The number of nitrogens with zero attached hydrogens (tertiary/aromatic N) is 3. The molecular formula is C16H13ClN4OS. The minimum atomic E-state index is 0.00141. The molecule has 1 N–H and O–H groups in total. The number of hydrazone groups is 1.